The molecule has 0 heterocycles. The molecule has 0 aromatic heterocycles. The van der Waals surface area contributed by atoms with Gasteiger partial charge in [-0.1, -0.05) is 48.0 Å². The molecule has 1 unspecified atom stereocenters. The molecule has 0 spiro atoms. The Bertz CT molecular complexity index is 1690. The average molecular weight is 722 g/mol. The molecule has 0 radical (unpaired) electrons. The van der Waals surface area contributed by atoms with E-state index in [0.717, 1.165) is 11.1 Å². The zero-order valence-electron chi connectivity index (χ0n) is 30.6. The molecule has 1 saturated carbocycles. The quantitative estimate of drug-likeness (QED) is 0.197. The third-order valence-electron chi connectivity index (χ3n) is 8.50. The number of amides is 2. The van der Waals surface area contributed by atoms with Gasteiger partial charge in [-0.25, -0.2) is 14.0 Å². The van der Waals surface area contributed by atoms with Gasteiger partial charge >= 0.3 is 12.2 Å². The van der Waals surface area contributed by atoms with Crippen LogP contribution in [-0.4, -0.2) is 67.2 Å². The minimum absolute atomic E-state index is 0.0185. The number of rotatable bonds is 11. The molecule has 9 nitrogen and oxygen atoms in total. The number of benzene rings is 3. The topological polar surface area (TPSA) is 110 Å². The molecule has 1 aliphatic rings. The lowest BCUT2D eigenvalue weighted by molar-refractivity contribution is 0.00941. The monoisotopic (exact) mass is 721 g/mol. The molecule has 1 fully saturated rings. The van der Waals surface area contributed by atoms with Crippen molar-refractivity contribution in [3.63, 3.8) is 0 Å². The summed E-state index contributed by atoms with van der Waals surface area (Å²) in [6.45, 7) is 11.6. The number of halogens is 2. The molecule has 0 bridgehead atoms. The van der Waals surface area contributed by atoms with E-state index in [1.807, 2.05) is 77.9 Å². The molecule has 1 N–H and O–H groups in total. The lowest BCUT2D eigenvalue weighted by atomic mass is 9.86. The summed E-state index contributed by atoms with van der Waals surface area (Å²) in [4.78, 5) is 28.2. The van der Waals surface area contributed by atoms with Crippen LogP contribution in [0.25, 0.3) is 11.1 Å². The van der Waals surface area contributed by atoms with Gasteiger partial charge in [0.05, 0.1) is 18.2 Å². The normalized spacial score (nSPS) is 16.8. The predicted octanol–water partition coefficient (Wildman–Crippen LogP) is 9.25. The number of nitrogens with one attached hydrogen (secondary N) is 1. The second kappa shape index (κ2) is 17.3. The van der Waals surface area contributed by atoms with Crippen molar-refractivity contribution in [1.29, 1.82) is 5.26 Å². The Morgan fingerprint density at radius 2 is 1.61 bits per heavy atom. The highest BCUT2D eigenvalue weighted by molar-refractivity contribution is 6.33. The van der Waals surface area contributed by atoms with Crippen LogP contribution in [0.3, 0.4) is 0 Å². The largest absolute Gasteiger partial charge is 0.488 e. The van der Waals surface area contributed by atoms with Gasteiger partial charge in [-0.05, 0) is 103 Å². The van der Waals surface area contributed by atoms with E-state index >= 15 is 4.39 Å². The summed E-state index contributed by atoms with van der Waals surface area (Å²) in [5, 5.41) is 13.2. The van der Waals surface area contributed by atoms with Crippen LogP contribution < -0.4 is 10.1 Å². The fourth-order valence-electron chi connectivity index (χ4n) is 6.20. The number of carbonyl (C=O) groups excluding carboxylic acids is 2. The highest BCUT2D eigenvalue weighted by atomic mass is 35.5. The number of carbonyl (C=O) groups is 2. The first-order chi connectivity index (χ1) is 24.1. The van der Waals surface area contributed by atoms with Gasteiger partial charge in [0.2, 0.25) is 0 Å². The second-order valence-corrected chi connectivity index (χ2v) is 15.1. The second-order valence-electron chi connectivity index (χ2n) is 14.7. The van der Waals surface area contributed by atoms with E-state index in [2.05, 4.69) is 11.4 Å². The van der Waals surface area contributed by atoms with E-state index < -0.39 is 29.2 Å². The van der Waals surface area contributed by atoms with Crippen molar-refractivity contribution >= 4 is 23.8 Å². The molecular formula is C40H49ClFN3O6. The molecule has 4 rings (SSSR count). The van der Waals surface area contributed by atoms with Crippen molar-refractivity contribution in [3.05, 3.63) is 88.2 Å². The van der Waals surface area contributed by atoms with E-state index in [1.54, 1.807) is 17.0 Å². The molecule has 1 atom stereocenters. The maximum absolute atomic E-state index is 16.1. The first-order valence-electron chi connectivity index (χ1n) is 17.3. The summed E-state index contributed by atoms with van der Waals surface area (Å²) in [7, 11) is 1.53. The van der Waals surface area contributed by atoms with Gasteiger partial charge in [0.1, 0.15) is 17.8 Å². The molecule has 51 heavy (non-hydrogen) atoms. The standard InChI is InChI=1S/C40H49ClFN3O6/c1-39(2,3)50-37(46)44-29-15-17-30(18-16-29)45(38(47)51-40(4,5)6)25-32(26-11-9-8-10-12-26)27-13-19-33(41)31(23-27)35-28(24-43)14-20-34(36(35)42)49-22-21-48-7/h8-14,19-20,23,29-30,32H,15-18,21-22,25H2,1-7H3,(H,44,46). The average Bonchev–Trinajstić information content (AvgIpc) is 3.06. The van der Waals surface area contributed by atoms with Crippen LogP contribution in [0.1, 0.15) is 89.8 Å². The fourth-order valence-corrected chi connectivity index (χ4v) is 6.41. The van der Waals surface area contributed by atoms with Gasteiger partial charge in [-0.15, -0.1) is 0 Å². The highest BCUT2D eigenvalue weighted by Crippen LogP contribution is 2.40. The molecule has 0 aliphatic heterocycles. The Morgan fingerprint density at radius 3 is 2.22 bits per heavy atom. The van der Waals surface area contributed by atoms with Crippen molar-refractivity contribution in [3.8, 4) is 22.9 Å². The Kier molecular flexibility index (Phi) is 13.4. The minimum Gasteiger partial charge on any atom is -0.488 e. The number of ether oxygens (including phenoxy) is 4. The van der Waals surface area contributed by atoms with Crippen LogP contribution in [0.5, 0.6) is 5.75 Å². The van der Waals surface area contributed by atoms with Crippen molar-refractivity contribution in [2.75, 3.05) is 26.9 Å². The SMILES string of the molecule is COCCOc1ccc(C#N)c(-c2cc(C(CN(C(=O)OC(C)(C)C)C3CCC(NC(=O)OC(C)(C)C)CC3)c3ccccc3)ccc2Cl)c1F. The van der Waals surface area contributed by atoms with Crippen molar-refractivity contribution in [2.45, 2.75) is 96.4 Å². The summed E-state index contributed by atoms with van der Waals surface area (Å²) in [6.07, 6.45) is 1.69. The summed E-state index contributed by atoms with van der Waals surface area (Å²) in [5.74, 6) is -1.09. The first kappa shape index (κ1) is 39.5. The van der Waals surface area contributed by atoms with Crippen LogP contribution >= 0.6 is 11.6 Å². The number of hydrogen-bond donors (Lipinski definition) is 1. The summed E-state index contributed by atoms with van der Waals surface area (Å²) in [5.41, 5.74) is 0.826. The Labute approximate surface area is 306 Å². The molecule has 2 amide bonds. The van der Waals surface area contributed by atoms with Gasteiger partial charge in [0.25, 0.3) is 0 Å². The highest BCUT2D eigenvalue weighted by Gasteiger charge is 2.35. The number of alkyl carbamates (subject to hydrolysis) is 1. The van der Waals surface area contributed by atoms with Gasteiger partial charge in [0.15, 0.2) is 11.6 Å². The summed E-state index contributed by atoms with van der Waals surface area (Å²) in [6, 6.07) is 19.9. The molecule has 1 aliphatic carbocycles. The third-order valence-corrected chi connectivity index (χ3v) is 8.83. The van der Waals surface area contributed by atoms with Gasteiger partial charge < -0.3 is 29.2 Å². The van der Waals surface area contributed by atoms with E-state index in [9.17, 15) is 14.9 Å². The predicted molar refractivity (Wildman–Crippen MR) is 196 cm³/mol. The van der Waals surface area contributed by atoms with Crippen LogP contribution in [-0.2, 0) is 14.2 Å². The van der Waals surface area contributed by atoms with E-state index in [4.69, 9.17) is 30.5 Å². The third kappa shape index (κ3) is 11.1. The summed E-state index contributed by atoms with van der Waals surface area (Å²) >= 11 is 6.74. The zero-order chi connectivity index (χ0) is 37.3. The molecule has 11 heteroatoms. The lowest BCUT2D eigenvalue weighted by Crippen LogP contribution is -2.49. The molecule has 274 valence electrons. The van der Waals surface area contributed by atoms with Gasteiger partial charge in [-0.2, -0.15) is 5.26 Å². The van der Waals surface area contributed by atoms with E-state index in [-0.39, 0.29) is 59.7 Å². The van der Waals surface area contributed by atoms with Gasteiger partial charge in [0, 0.05) is 47.8 Å². The van der Waals surface area contributed by atoms with E-state index in [1.165, 1.54) is 19.2 Å². The van der Waals surface area contributed by atoms with Crippen LogP contribution in [0.15, 0.2) is 60.7 Å². The first-order valence-corrected chi connectivity index (χ1v) is 17.7. The minimum atomic E-state index is -0.734. The number of methoxy groups -OCH3 is 1. The molecule has 3 aromatic carbocycles. The number of hydrogen-bond acceptors (Lipinski definition) is 7. The Morgan fingerprint density at radius 1 is 0.941 bits per heavy atom. The smallest absolute Gasteiger partial charge is 0.410 e. The van der Waals surface area contributed by atoms with Crippen molar-refractivity contribution < 1.29 is 32.9 Å². The van der Waals surface area contributed by atoms with Crippen molar-refractivity contribution in [2.24, 2.45) is 0 Å². The van der Waals surface area contributed by atoms with Crippen LogP contribution in [0, 0.1) is 17.1 Å². The number of nitriles is 1. The zero-order valence-corrected chi connectivity index (χ0v) is 31.3. The Hall–Kier alpha value is -4.33. The lowest BCUT2D eigenvalue weighted by Gasteiger charge is -2.39. The molecule has 0 saturated heterocycles. The maximum Gasteiger partial charge on any atom is 0.410 e. The van der Waals surface area contributed by atoms with Crippen LogP contribution in [0.2, 0.25) is 5.02 Å². The molecule has 3 aromatic rings. The Balaban J connectivity index is 1.72. The van der Waals surface area contributed by atoms with E-state index in [0.29, 0.717) is 31.2 Å². The molecular weight excluding hydrogens is 673 g/mol. The van der Waals surface area contributed by atoms with Gasteiger partial charge in [-0.3, -0.25) is 0 Å². The fraction of sp³-hybridized carbons (Fsp3) is 0.475. The number of nitrogens with zero attached hydrogens (tertiary/aromatic N) is 2. The van der Waals surface area contributed by atoms with Crippen LogP contribution in [0.4, 0.5) is 14.0 Å². The summed E-state index contributed by atoms with van der Waals surface area (Å²) < 4.78 is 38.2. The van der Waals surface area contributed by atoms with Crippen molar-refractivity contribution in [1.82, 2.24) is 10.2 Å². The maximum atomic E-state index is 16.1.